The first kappa shape index (κ1) is 12.2. The van der Waals surface area contributed by atoms with Crippen LogP contribution in [-0.2, 0) is 11.3 Å². The molecule has 2 aromatic rings. The number of aromatic nitrogens is 2. The minimum absolute atomic E-state index is 0.297. The average molecular weight is 260 g/mol. The Balaban J connectivity index is 1.63. The van der Waals surface area contributed by atoms with Crippen LogP contribution in [0.4, 0.5) is 0 Å². The normalized spacial score (nSPS) is 22.6. The van der Waals surface area contributed by atoms with E-state index in [1.54, 1.807) is 6.20 Å². The van der Waals surface area contributed by atoms with Gasteiger partial charge in [-0.05, 0) is 5.56 Å². The SMILES string of the molecule is O[C@@H]1COC[C@H]1Oc1cnn(Cc2ccccc2)c1. The van der Waals surface area contributed by atoms with Crippen LogP contribution >= 0.6 is 0 Å². The topological polar surface area (TPSA) is 56.5 Å². The van der Waals surface area contributed by atoms with Crippen molar-refractivity contribution >= 4 is 0 Å². The minimum Gasteiger partial charge on any atom is -0.482 e. The molecule has 1 aromatic carbocycles. The summed E-state index contributed by atoms with van der Waals surface area (Å²) in [6, 6.07) is 10.1. The first-order chi connectivity index (χ1) is 9.31. The zero-order valence-electron chi connectivity index (χ0n) is 10.5. The third-order valence-corrected chi connectivity index (χ3v) is 3.08. The van der Waals surface area contributed by atoms with Gasteiger partial charge < -0.3 is 14.6 Å². The second kappa shape index (κ2) is 5.42. The third-order valence-electron chi connectivity index (χ3n) is 3.08. The zero-order valence-corrected chi connectivity index (χ0v) is 10.5. The molecule has 2 heterocycles. The molecule has 0 amide bonds. The Labute approximate surface area is 111 Å². The fraction of sp³-hybridized carbons (Fsp3) is 0.357. The highest BCUT2D eigenvalue weighted by atomic mass is 16.6. The fourth-order valence-electron chi connectivity index (χ4n) is 2.07. The zero-order chi connectivity index (χ0) is 13.1. The summed E-state index contributed by atoms with van der Waals surface area (Å²) >= 11 is 0. The Morgan fingerprint density at radius 1 is 1.32 bits per heavy atom. The van der Waals surface area contributed by atoms with Crippen LogP contribution in [0.1, 0.15) is 5.56 Å². The predicted molar refractivity (Wildman–Crippen MR) is 69.0 cm³/mol. The van der Waals surface area contributed by atoms with Gasteiger partial charge in [-0.2, -0.15) is 5.10 Å². The Kier molecular flexibility index (Phi) is 3.48. The first-order valence-electron chi connectivity index (χ1n) is 6.30. The van der Waals surface area contributed by atoms with Crippen molar-refractivity contribution in [2.45, 2.75) is 18.8 Å². The van der Waals surface area contributed by atoms with Crippen LogP contribution < -0.4 is 4.74 Å². The van der Waals surface area contributed by atoms with E-state index in [2.05, 4.69) is 17.2 Å². The summed E-state index contributed by atoms with van der Waals surface area (Å²) in [5.41, 5.74) is 1.18. The van der Waals surface area contributed by atoms with Crippen molar-refractivity contribution in [3.8, 4) is 5.75 Å². The molecular weight excluding hydrogens is 244 g/mol. The van der Waals surface area contributed by atoms with Gasteiger partial charge in [0.2, 0.25) is 0 Å². The molecular formula is C14H16N2O3. The molecule has 0 bridgehead atoms. The second-order valence-electron chi connectivity index (χ2n) is 4.62. The molecule has 100 valence electrons. The predicted octanol–water partition coefficient (Wildman–Crippen LogP) is 1.07. The number of nitrogens with zero attached hydrogens (tertiary/aromatic N) is 2. The lowest BCUT2D eigenvalue weighted by atomic mass is 10.2. The summed E-state index contributed by atoms with van der Waals surface area (Å²) in [5, 5.41) is 13.9. The van der Waals surface area contributed by atoms with Crippen molar-refractivity contribution in [1.82, 2.24) is 9.78 Å². The van der Waals surface area contributed by atoms with Gasteiger partial charge in [0.1, 0.15) is 6.10 Å². The van der Waals surface area contributed by atoms with E-state index in [9.17, 15) is 5.11 Å². The molecule has 0 radical (unpaired) electrons. The van der Waals surface area contributed by atoms with Crippen molar-refractivity contribution in [3.63, 3.8) is 0 Å². The van der Waals surface area contributed by atoms with Gasteiger partial charge >= 0.3 is 0 Å². The first-order valence-corrected chi connectivity index (χ1v) is 6.30. The quantitative estimate of drug-likeness (QED) is 0.893. The van der Waals surface area contributed by atoms with E-state index in [0.29, 0.717) is 25.5 Å². The molecule has 1 aromatic heterocycles. The average Bonchev–Trinajstić information content (AvgIpc) is 3.02. The van der Waals surface area contributed by atoms with Crippen LogP contribution in [0.25, 0.3) is 0 Å². The highest BCUT2D eigenvalue weighted by molar-refractivity contribution is 5.17. The summed E-state index contributed by atoms with van der Waals surface area (Å²) in [6.07, 6.45) is 2.64. The van der Waals surface area contributed by atoms with Crippen LogP contribution in [-0.4, -0.2) is 40.3 Å². The van der Waals surface area contributed by atoms with Gasteiger partial charge in [-0.15, -0.1) is 0 Å². The summed E-state index contributed by atoms with van der Waals surface area (Å²) < 4.78 is 12.6. The Morgan fingerprint density at radius 2 is 2.16 bits per heavy atom. The van der Waals surface area contributed by atoms with E-state index in [0.717, 1.165) is 0 Å². The van der Waals surface area contributed by atoms with Gasteiger partial charge in [0, 0.05) is 0 Å². The summed E-state index contributed by atoms with van der Waals surface area (Å²) in [6.45, 7) is 1.46. The third kappa shape index (κ3) is 2.94. The van der Waals surface area contributed by atoms with E-state index in [-0.39, 0.29) is 6.10 Å². The molecule has 2 atom stereocenters. The number of hydrogen-bond acceptors (Lipinski definition) is 4. The lowest BCUT2D eigenvalue weighted by molar-refractivity contribution is 0.0733. The van der Waals surface area contributed by atoms with Crippen molar-refractivity contribution in [2.75, 3.05) is 13.2 Å². The number of rotatable bonds is 4. The van der Waals surface area contributed by atoms with E-state index >= 15 is 0 Å². The molecule has 0 aliphatic carbocycles. The van der Waals surface area contributed by atoms with Gasteiger partial charge in [0.05, 0.1) is 32.2 Å². The molecule has 19 heavy (non-hydrogen) atoms. The van der Waals surface area contributed by atoms with Crippen LogP contribution in [0.5, 0.6) is 5.75 Å². The molecule has 0 unspecified atom stereocenters. The van der Waals surface area contributed by atoms with Crippen molar-refractivity contribution in [2.24, 2.45) is 0 Å². The van der Waals surface area contributed by atoms with E-state index in [4.69, 9.17) is 9.47 Å². The number of hydrogen-bond donors (Lipinski definition) is 1. The number of aliphatic hydroxyl groups is 1. The summed E-state index contributed by atoms with van der Waals surface area (Å²) in [7, 11) is 0. The fourth-order valence-corrected chi connectivity index (χ4v) is 2.07. The van der Waals surface area contributed by atoms with Crippen molar-refractivity contribution in [1.29, 1.82) is 0 Å². The molecule has 1 saturated heterocycles. The van der Waals surface area contributed by atoms with E-state index in [1.165, 1.54) is 5.56 Å². The molecule has 1 aliphatic rings. The smallest absolute Gasteiger partial charge is 0.157 e. The van der Waals surface area contributed by atoms with Crippen LogP contribution in [0.3, 0.4) is 0 Å². The molecule has 0 saturated carbocycles. The summed E-state index contributed by atoms with van der Waals surface area (Å²) in [4.78, 5) is 0. The monoisotopic (exact) mass is 260 g/mol. The minimum atomic E-state index is -0.558. The standard InChI is InChI=1S/C14H16N2O3/c17-13-9-18-10-14(13)19-12-6-15-16(8-12)7-11-4-2-1-3-5-11/h1-6,8,13-14,17H,7,9-10H2/t13-,14-/m1/s1. The van der Waals surface area contributed by atoms with Gasteiger partial charge in [0.15, 0.2) is 11.9 Å². The van der Waals surface area contributed by atoms with E-state index < -0.39 is 6.10 Å². The molecule has 0 spiro atoms. The molecule has 1 fully saturated rings. The lowest BCUT2D eigenvalue weighted by Gasteiger charge is -2.13. The van der Waals surface area contributed by atoms with Gasteiger partial charge in [-0.25, -0.2) is 0 Å². The maximum Gasteiger partial charge on any atom is 0.157 e. The van der Waals surface area contributed by atoms with Gasteiger partial charge in [-0.3, -0.25) is 4.68 Å². The number of aliphatic hydroxyl groups excluding tert-OH is 1. The van der Waals surface area contributed by atoms with Gasteiger partial charge in [-0.1, -0.05) is 30.3 Å². The Bertz CT molecular complexity index is 526. The second-order valence-corrected chi connectivity index (χ2v) is 4.62. The lowest BCUT2D eigenvalue weighted by Crippen LogP contribution is -2.29. The van der Waals surface area contributed by atoms with Gasteiger partial charge in [0.25, 0.3) is 0 Å². The van der Waals surface area contributed by atoms with Crippen LogP contribution in [0.2, 0.25) is 0 Å². The Morgan fingerprint density at radius 3 is 2.89 bits per heavy atom. The maximum absolute atomic E-state index is 9.62. The van der Waals surface area contributed by atoms with Crippen molar-refractivity contribution in [3.05, 3.63) is 48.3 Å². The summed E-state index contributed by atoms with van der Waals surface area (Å²) in [5.74, 6) is 0.658. The maximum atomic E-state index is 9.62. The van der Waals surface area contributed by atoms with Crippen LogP contribution in [0.15, 0.2) is 42.7 Å². The highest BCUT2D eigenvalue weighted by Crippen LogP contribution is 2.16. The molecule has 1 aliphatic heterocycles. The molecule has 5 heteroatoms. The van der Waals surface area contributed by atoms with E-state index in [1.807, 2.05) is 29.1 Å². The number of benzene rings is 1. The number of ether oxygens (including phenoxy) is 2. The molecule has 5 nitrogen and oxygen atoms in total. The van der Waals surface area contributed by atoms with Crippen molar-refractivity contribution < 1.29 is 14.6 Å². The Hall–Kier alpha value is -1.85. The molecule has 3 rings (SSSR count). The molecule has 1 N–H and O–H groups in total. The largest absolute Gasteiger partial charge is 0.482 e. The van der Waals surface area contributed by atoms with Crippen LogP contribution in [0, 0.1) is 0 Å². The highest BCUT2D eigenvalue weighted by Gasteiger charge is 2.28.